The number of alkyl halides is 3. The molecule has 1 heterocycles. The molecule has 2 unspecified atom stereocenters. The second-order valence-corrected chi connectivity index (χ2v) is 5.31. The minimum Gasteiger partial charge on any atom is -0.481 e. The smallest absolute Gasteiger partial charge is 0.406 e. The first-order valence-electron chi connectivity index (χ1n) is 6.41. The van der Waals surface area contributed by atoms with Crippen molar-refractivity contribution >= 4 is 11.9 Å². The summed E-state index contributed by atoms with van der Waals surface area (Å²) >= 11 is 0. The molecule has 0 spiro atoms. The largest absolute Gasteiger partial charge is 0.481 e. The molecule has 0 aromatic heterocycles. The lowest BCUT2D eigenvalue weighted by molar-refractivity contribution is -0.227. The predicted molar refractivity (Wildman–Crippen MR) is 64.8 cm³/mol. The van der Waals surface area contributed by atoms with Gasteiger partial charge in [-0.1, -0.05) is 20.3 Å². The van der Waals surface area contributed by atoms with E-state index in [4.69, 9.17) is 10.8 Å². The minimum absolute atomic E-state index is 0.173. The van der Waals surface area contributed by atoms with Gasteiger partial charge in [-0.3, -0.25) is 9.59 Å². The van der Waals surface area contributed by atoms with E-state index in [1.165, 1.54) is 0 Å². The molecule has 0 aromatic carbocycles. The quantitative estimate of drug-likeness (QED) is 0.817. The van der Waals surface area contributed by atoms with E-state index in [1.807, 2.05) is 6.92 Å². The number of likely N-dealkylation sites (tertiary alicyclic amines) is 1. The number of amides is 1. The molecule has 1 aliphatic rings. The fraction of sp³-hybridized carbons (Fsp3) is 0.833. The lowest BCUT2D eigenvalue weighted by Gasteiger charge is -2.28. The minimum atomic E-state index is -4.89. The van der Waals surface area contributed by atoms with Crippen LogP contribution in [0.2, 0.25) is 0 Å². The second kappa shape index (κ2) is 5.59. The molecule has 1 saturated heterocycles. The average Bonchev–Trinajstić information content (AvgIpc) is 2.81. The highest BCUT2D eigenvalue weighted by molar-refractivity contribution is 5.84. The normalized spacial score (nSPS) is 26.4. The summed E-state index contributed by atoms with van der Waals surface area (Å²) in [5.41, 5.74) is 2.83. The van der Waals surface area contributed by atoms with Gasteiger partial charge in [-0.25, -0.2) is 0 Å². The van der Waals surface area contributed by atoms with Crippen molar-refractivity contribution < 1.29 is 27.9 Å². The number of hydrogen-bond donors (Lipinski definition) is 2. The number of nitrogens with two attached hydrogens (primary N) is 1. The molecule has 5 nitrogen and oxygen atoms in total. The Morgan fingerprint density at radius 2 is 2.00 bits per heavy atom. The highest BCUT2D eigenvalue weighted by Crippen LogP contribution is 2.45. The van der Waals surface area contributed by atoms with Crippen molar-refractivity contribution in [3.8, 4) is 0 Å². The number of carboxylic acid groups (broad SMARTS) is 1. The van der Waals surface area contributed by atoms with Gasteiger partial charge in [0.05, 0.1) is 6.04 Å². The first kappa shape index (κ1) is 16.7. The van der Waals surface area contributed by atoms with E-state index in [0.29, 0.717) is 6.42 Å². The molecule has 0 saturated carbocycles. The maximum Gasteiger partial charge on any atom is 0.406 e. The first-order chi connectivity index (χ1) is 9.06. The number of rotatable bonds is 4. The van der Waals surface area contributed by atoms with Gasteiger partial charge in [-0.15, -0.1) is 0 Å². The molecule has 1 fully saturated rings. The van der Waals surface area contributed by atoms with Crippen molar-refractivity contribution in [2.75, 3.05) is 13.1 Å². The Hall–Kier alpha value is -1.31. The van der Waals surface area contributed by atoms with Crippen molar-refractivity contribution in [2.45, 2.75) is 38.9 Å². The molecule has 8 heteroatoms. The van der Waals surface area contributed by atoms with Gasteiger partial charge in [0.1, 0.15) is 0 Å². The Bertz CT molecular complexity index is 400. The van der Waals surface area contributed by atoms with E-state index in [-0.39, 0.29) is 12.5 Å². The molecule has 3 atom stereocenters. The standard InChI is InChI=1S/C12H19F3N2O3/c1-3-7(2)8(16)9(18)17-5-4-11(6-17,10(19)20)12(13,14)15/h7-8H,3-6,16H2,1-2H3,(H,19,20)/t7?,8-,11?/m0/s1. The Labute approximate surface area is 114 Å². The Morgan fingerprint density at radius 1 is 1.45 bits per heavy atom. The third kappa shape index (κ3) is 2.74. The SMILES string of the molecule is CCC(C)[C@H](N)C(=O)N1CCC(C(=O)O)(C(F)(F)F)C1. The van der Waals surface area contributed by atoms with E-state index < -0.39 is 42.5 Å². The summed E-state index contributed by atoms with van der Waals surface area (Å²) in [6.07, 6.45) is -4.91. The molecular weight excluding hydrogens is 277 g/mol. The monoisotopic (exact) mass is 296 g/mol. The second-order valence-electron chi connectivity index (χ2n) is 5.31. The fourth-order valence-corrected chi connectivity index (χ4v) is 2.23. The molecule has 20 heavy (non-hydrogen) atoms. The van der Waals surface area contributed by atoms with Gasteiger partial charge >= 0.3 is 12.1 Å². The number of carbonyl (C=O) groups is 2. The van der Waals surface area contributed by atoms with Crippen LogP contribution in [0, 0.1) is 11.3 Å². The van der Waals surface area contributed by atoms with Crippen LogP contribution in [-0.2, 0) is 9.59 Å². The first-order valence-corrected chi connectivity index (χ1v) is 6.41. The van der Waals surface area contributed by atoms with Gasteiger partial charge in [0.2, 0.25) is 5.91 Å². The van der Waals surface area contributed by atoms with Crippen molar-refractivity contribution in [3.63, 3.8) is 0 Å². The van der Waals surface area contributed by atoms with Gasteiger partial charge in [0, 0.05) is 13.1 Å². The maximum atomic E-state index is 13.0. The summed E-state index contributed by atoms with van der Waals surface area (Å²) < 4.78 is 38.9. The van der Waals surface area contributed by atoms with E-state index in [1.54, 1.807) is 6.92 Å². The summed E-state index contributed by atoms with van der Waals surface area (Å²) in [4.78, 5) is 23.9. The van der Waals surface area contributed by atoms with Gasteiger partial charge in [0.25, 0.3) is 0 Å². The van der Waals surface area contributed by atoms with Gasteiger partial charge in [-0.05, 0) is 12.3 Å². The van der Waals surface area contributed by atoms with E-state index in [2.05, 4.69) is 0 Å². The van der Waals surface area contributed by atoms with Crippen LogP contribution in [0.1, 0.15) is 26.7 Å². The number of hydrogen-bond acceptors (Lipinski definition) is 3. The van der Waals surface area contributed by atoms with Crippen molar-refractivity contribution in [2.24, 2.45) is 17.1 Å². The number of nitrogens with zero attached hydrogens (tertiary/aromatic N) is 1. The van der Waals surface area contributed by atoms with E-state index in [0.717, 1.165) is 4.90 Å². The summed E-state index contributed by atoms with van der Waals surface area (Å²) in [7, 11) is 0. The van der Waals surface area contributed by atoms with E-state index >= 15 is 0 Å². The third-order valence-corrected chi connectivity index (χ3v) is 4.08. The van der Waals surface area contributed by atoms with Crippen LogP contribution >= 0.6 is 0 Å². The average molecular weight is 296 g/mol. The Kier molecular flexibility index (Phi) is 4.68. The van der Waals surface area contributed by atoms with Crippen molar-refractivity contribution in [3.05, 3.63) is 0 Å². The number of halogens is 3. The van der Waals surface area contributed by atoms with E-state index in [9.17, 15) is 22.8 Å². The molecule has 0 bridgehead atoms. The van der Waals surface area contributed by atoms with Crippen LogP contribution in [0.3, 0.4) is 0 Å². The van der Waals surface area contributed by atoms with Crippen molar-refractivity contribution in [1.29, 1.82) is 0 Å². The summed E-state index contributed by atoms with van der Waals surface area (Å²) in [6.45, 7) is 2.44. The topological polar surface area (TPSA) is 83.6 Å². The zero-order chi connectivity index (χ0) is 15.7. The highest BCUT2D eigenvalue weighted by atomic mass is 19.4. The zero-order valence-electron chi connectivity index (χ0n) is 11.4. The summed E-state index contributed by atoms with van der Waals surface area (Å²) in [5.74, 6) is -2.74. The molecule has 116 valence electrons. The molecule has 3 N–H and O–H groups in total. The molecule has 1 rings (SSSR count). The van der Waals surface area contributed by atoms with Crippen LogP contribution in [0.5, 0.6) is 0 Å². The fourth-order valence-electron chi connectivity index (χ4n) is 2.23. The highest BCUT2D eigenvalue weighted by Gasteiger charge is 2.64. The van der Waals surface area contributed by atoms with Gasteiger partial charge in [0.15, 0.2) is 5.41 Å². The number of carboxylic acids is 1. The molecule has 1 aliphatic heterocycles. The van der Waals surface area contributed by atoms with Crippen LogP contribution in [-0.4, -0.2) is 47.2 Å². The number of aliphatic carboxylic acids is 1. The molecule has 0 radical (unpaired) electrons. The molecule has 0 aliphatic carbocycles. The number of carbonyl (C=O) groups excluding carboxylic acids is 1. The molecule has 1 amide bonds. The summed E-state index contributed by atoms with van der Waals surface area (Å²) in [5, 5.41) is 8.90. The molecular formula is C12H19F3N2O3. The lowest BCUT2D eigenvalue weighted by Crippen LogP contribution is -2.51. The van der Waals surface area contributed by atoms with Crippen LogP contribution in [0.4, 0.5) is 13.2 Å². The molecule has 0 aromatic rings. The predicted octanol–water partition coefficient (Wildman–Crippen LogP) is 1.23. The lowest BCUT2D eigenvalue weighted by atomic mass is 9.86. The summed E-state index contributed by atoms with van der Waals surface area (Å²) in [6, 6.07) is -0.905. The van der Waals surface area contributed by atoms with Gasteiger partial charge < -0.3 is 15.7 Å². The van der Waals surface area contributed by atoms with Gasteiger partial charge in [-0.2, -0.15) is 13.2 Å². The van der Waals surface area contributed by atoms with Crippen LogP contribution < -0.4 is 5.73 Å². The zero-order valence-corrected chi connectivity index (χ0v) is 11.4. The van der Waals surface area contributed by atoms with Crippen LogP contribution in [0.25, 0.3) is 0 Å². The van der Waals surface area contributed by atoms with Crippen molar-refractivity contribution in [1.82, 2.24) is 4.90 Å². The third-order valence-electron chi connectivity index (χ3n) is 4.08. The Morgan fingerprint density at radius 3 is 2.35 bits per heavy atom. The Balaban J connectivity index is 2.90. The van der Waals surface area contributed by atoms with Crippen LogP contribution in [0.15, 0.2) is 0 Å². The maximum absolute atomic E-state index is 13.0.